The zero-order chi connectivity index (χ0) is 28.7. The molecule has 1 amide bonds. The summed E-state index contributed by atoms with van der Waals surface area (Å²) in [4.78, 5) is 31.2. The van der Waals surface area contributed by atoms with E-state index < -0.39 is 0 Å². The standard InChI is InChI=1S/C33H45N5O3/c1-4-5-19-35-32(34-2)37-20-15-25(16-21-37)23-41-29-13-11-27(12-14-29)26-7-9-28(10-8-26)31(39)38-22-30(36-40-3)33(24-38)17-6-18-33/h5,7,11-14,19,25,28H,2,4,6,8-10,15-18,20-24H2,1,3H3/b19-5+,35-32?,36-30+. The molecule has 41 heavy (non-hydrogen) atoms. The third kappa shape index (κ3) is 6.74. The van der Waals surface area contributed by atoms with Gasteiger partial charge in [-0.1, -0.05) is 42.8 Å². The number of allylic oxidation sites excluding steroid dienone is 3. The van der Waals surface area contributed by atoms with Crippen molar-refractivity contribution in [1.29, 1.82) is 0 Å². The van der Waals surface area contributed by atoms with Crippen LogP contribution in [0.3, 0.4) is 0 Å². The first-order valence-electron chi connectivity index (χ1n) is 15.3. The molecular formula is C33H45N5O3. The minimum absolute atomic E-state index is 0.0595. The molecule has 1 atom stereocenters. The Bertz CT molecular complexity index is 1190. The second-order valence-electron chi connectivity index (χ2n) is 11.9. The quantitative estimate of drug-likeness (QED) is 0.224. The lowest BCUT2D eigenvalue weighted by Crippen LogP contribution is -2.40. The number of benzene rings is 1. The van der Waals surface area contributed by atoms with Crippen molar-refractivity contribution in [3.8, 4) is 5.75 Å². The van der Waals surface area contributed by atoms with Gasteiger partial charge in [0, 0.05) is 37.2 Å². The first-order chi connectivity index (χ1) is 20.0. The summed E-state index contributed by atoms with van der Waals surface area (Å²) in [6.07, 6.45) is 15.2. The van der Waals surface area contributed by atoms with Crippen LogP contribution in [0.4, 0.5) is 0 Å². The molecule has 0 bridgehead atoms. The van der Waals surface area contributed by atoms with Crippen LogP contribution in [0.1, 0.15) is 70.3 Å². The average Bonchev–Trinajstić information content (AvgIpc) is 3.39. The molecule has 0 radical (unpaired) electrons. The van der Waals surface area contributed by atoms with Crippen molar-refractivity contribution in [3.63, 3.8) is 0 Å². The van der Waals surface area contributed by atoms with Crippen LogP contribution in [0, 0.1) is 17.3 Å². The number of ether oxygens (including phenoxy) is 1. The number of hydrogen-bond acceptors (Lipinski definition) is 5. The number of amides is 1. The molecule has 3 fully saturated rings. The number of hydrogen-bond donors (Lipinski definition) is 0. The van der Waals surface area contributed by atoms with Crippen LogP contribution in [0.5, 0.6) is 5.75 Å². The van der Waals surface area contributed by atoms with E-state index in [9.17, 15) is 4.79 Å². The smallest absolute Gasteiger partial charge is 0.226 e. The third-order valence-electron chi connectivity index (χ3n) is 9.31. The first kappa shape index (κ1) is 29.1. The van der Waals surface area contributed by atoms with E-state index in [1.165, 1.54) is 17.6 Å². The van der Waals surface area contributed by atoms with Crippen molar-refractivity contribution >= 4 is 29.9 Å². The number of rotatable bonds is 8. The maximum atomic E-state index is 13.4. The molecule has 0 aromatic heterocycles. The second kappa shape index (κ2) is 13.5. The maximum absolute atomic E-state index is 13.4. The van der Waals surface area contributed by atoms with E-state index in [4.69, 9.17) is 9.57 Å². The molecule has 1 aromatic carbocycles. The molecule has 1 unspecified atom stereocenters. The number of carbonyl (C=O) groups is 1. The molecule has 2 aliphatic heterocycles. The summed E-state index contributed by atoms with van der Waals surface area (Å²) in [5.74, 6) is 2.48. The Morgan fingerprint density at radius 2 is 1.93 bits per heavy atom. The molecule has 0 N–H and O–H groups in total. The van der Waals surface area contributed by atoms with Crippen LogP contribution >= 0.6 is 0 Å². The van der Waals surface area contributed by atoms with E-state index >= 15 is 0 Å². The number of oxime groups is 1. The predicted octanol–water partition coefficient (Wildman–Crippen LogP) is 5.96. The third-order valence-corrected chi connectivity index (χ3v) is 9.31. The zero-order valence-corrected chi connectivity index (χ0v) is 24.8. The predicted molar refractivity (Wildman–Crippen MR) is 165 cm³/mol. The molecule has 5 rings (SSSR count). The van der Waals surface area contributed by atoms with E-state index in [0.29, 0.717) is 18.4 Å². The van der Waals surface area contributed by atoms with E-state index in [0.717, 1.165) is 89.1 Å². The summed E-state index contributed by atoms with van der Waals surface area (Å²) >= 11 is 0. The van der Waals surface area contributed by atoms with Crippen LogP contribution in [-0.4, -0.2) is 74.0 Å². The van der Waals surface area contributed by atoms with Gasteiger partial charge in [0.05, 0.1) is 18.9 Å². The normalized spacial score (nSPS) is 24.0. The van der Waals surface area contributed by atoms with E-state index in [1.807, 2.05) is 17.2 Å². The van der Waals surface area contributed by atoms with Crippen molar-refractivity contribution in [2.45, 2.75) is 64.7 Å². The Labute approximate surface area is 244 Å². The van der Waals surface area contributed by atoms with Gasteiger partial charge in [0.25, 0.3) is 0 Å². The van der Waals surface area contributed by atoms with Gasteiger partial charge in [0.2, 0.25) is 11.9 Å². The fourth-order valence-corrected chi connectivity index (χ4v) is 6.61. The monoisotopic (exact) mass is 559 g/mol. The topological polar surface area (TPSA) is 79.1 Å². The van der Waals surface area contributed by atoms with Gasteiger partial charge in [0.15, 0.2) is 0 Å². The van der Waals surface area contributed by atoms with E-state index in [2.05, 4.69) is 64.0 Å². The molecule has 220 valence electrons. The molecule has 8 nitrogen and oxygen atoms in total. The van der Waals surface area contributed by atoms with Crippen molar-refractivity contribution in [2.75, 3.05) is 39.9 Å². The molecule has 1 aromatic rings. The van der Waals surface area contributed by atoms with Crippen molar-refractivity contribution in [2.24, 2.45) is 32.4 Å². The Morgan fingerprint density at radius 3 is 2.54 bits per heavy atom. The Balaban J connectivity index is 1.07. The van der Waals surface area contributed by atoms with Crippen molar-refractivity contribution in [1.82, 2.24) is 9.80 Å². The number of likely N-dealkylation sites (tertiary alicyclic amines) is 2. The molecule has 4 aliphatic rings. The van der Waals surface area contributed by atoms with Crippen molar-refractivity contribution < 1.29 is 14.4 Å². The van der Waals surface area contributed by atoms with Gasteiger partial charge in [-0.25, -0.2) is 9.98 Å². The van der Waals surface area contributed by atoms with Crippen LogP contribution in [0.2, 0.25) is 0 Å². The summed E-state index contributed by atoms with van der Waals surface area (Å²) < 4.78 is 6.17. The van der Waals surface area contributed by atoms with E-state index in [1.54, 1.807) is 7.11 Å². The van der Waals surface area contributed by atoms with Gasteiger partial charge in [0.1, 0.15) is 12.9 Å². The summed E-state index contributed by atoms with van der Waals surface area (Å²) in [7, 11) is 1.60. The lowest BCUT2D eigenvalue weighted by molar-refractivity contribution is -0.135. The highest BCUT2D eigenvalue weighted by Gasteiger charge is 2.50. The first-order valence-corrected chi connectivity index (χ1v) is 15.3. The summed E-state index contributed by atoms with van der Waals surface area (Å²) in [6.45, 7) is 9.76. The van der Waals surface area contributed by atoms with Gasteiger partial charge < -0.3 is 19.4 Å². The summed E-state index contributed by atoms with van der Waals surface area (Å²) in [5.41, 5.74) is 3.69. The molecule has 2 heterocycles. The zero-order valence-electron chi connectivity index (χ0n) is 24.8. The largest absolute Gasteiger partial charge is 0.493 e. The number of aliphatic imine (C=N–C) groups is 2. The van der Waals surface area contributed by atoms with Crippen LogP contribution in [0.15, 0.2) is 57.8 Å². The fourth-order valence-electron chi connectivity index (χ4n) is 6.61. The highest BCUT2D eigenvalue weighted by Crippen LogP contribution is 2.47. The van der Waals surface area contributed by atoms with Gasteiger partial charge in [-0.05, 0) is 87.3 Å². The minimum atomic E-state index is 0.0595. The Morgan fingerprint density at radius 1 is 1.15 bits per heavy atom. The number of guanidine groups is 1. The van der Waals surface area contributed by atoms with Gasteiger partial charge in [-0.2, -0.15) is 0 Å². The van der Waals surface area contributed by atoms with Crippen LogP contribution in [0.25, 0.3) is 5.57 Å². The molecule has 2 aliphatic carbocycles. The molecule has 2 saturated heterocycles. The average molecular weight is 560 g/mol. The lowest BCUT2D eigenvalue weighted by atomic mass is 9.67. The molecule has 1 saturated carbocycles. The number of nitrogens with zero attached hydrogens (tertiary/aromatic N) is 5. The van der Waals surface area contributed by atoms with Crippen LogP contribution in [-0.2, 0) is 9.63 Å². The molecule has 8 heteroatoms. The minimum Gasteiger partial charge on any atom is -0.493 e. The second-order valence-corrected chi connectivity index (χ2v) is 11.9. The van der Waals surface area contributed by atoms with Gasteiger partial charge in [-0.3, -0.25) is 4.79 Å². The van der Waals surface area contributed by atoms with Gasteiger partial charge in [-0.15, -0.1) is 0 Å². The van der Waals surface area contributed by atoms with Crippen LogP contribution < -0.4 is 4.74 Å². The highest BCUT2D eigenvalue weighted by molar-refractivity contribution is 5.98. The summed E-state index contributed by atoms with van der Waals surface area (Å²) in [5, 5.41) is 4.29. The summed E-state index contributed by atoms with van der Waals surface area (Å²) in [6, 6.07) is 8.47. The Kier molecular flexibility index (Phi) is 9.57. The Hall–Kier alpha value is -3.42. The van der Waals surface area contributed by atoms with Gasteiger partial charge >= 0.3 is 0 Å². The highest BCUT2D eigenvalue weighted by atomic mass is 16.6. The number of carbonyl (C=O) groups excluding carboxylic acids is 1. The van der Waals surface area contributed by atoms with Crippen molar-refractivity contribution in [3.05, 3.63) is 48.2 Å². The maximum Gasteiger partial charge on any atom is 0.226 e. The van der Waals surface area contributed by atoms with E-state index in [-0.39, 0.29) is 17.2 Å². The number of piperidine rings is 1. The SMILES string of the molecule is C=NC(=N/C=C/CC)N1CCC(COc2ccc(C3=CCC(C(=O)N4C/C(=N\OC)C5(CCC5)C4)CC3)cc2)CC1. The lowest BCUT2D eigenvalue weighted by Gasteiger charge is -2.38. The fraction of sp³-hybridized carbons (Fsp3) is 0.576. The molecular weight excluding hydrogens is 514 g/mol. The molecule has 1 spiro atoms.